The Morgan fingerprint density at radius 3 is 2.46 bits per heavy atom. The van der Waals surface area contributed by atoms with Gasteiger partial charge in [0.2, 0.25) is 0 Å². The van der Waals surface area contributed by atoms with E-state index in [1.807, 2.05) is 0 Å². The van der Waals surface area contributed by atoms with E-state index in [1.54, 1.807) is 22.6 Å². The van der Waals surface area contributed by atoms with E-state index in [2.05, 4.69) is 4.98 Å². The van der Waals surface area contributed by atoms with Crippen LogP contribution in [0.3, 0.4) is 0 Å². The van der Waals surface area contributed by atoms with Crippen LogP contribution in [0.5, 0.6) is 0 Å². The molecular weight excluding hydrogens is 317 g/mol. The summed E-state index contributed by atoms with van der Waals surface area (Å²) in [5, 5.41) is 0. The second-order valence-electron chi connectivity index (χ2n) is 2.31. The van der Waals surface area contributed by atoms with Crippen molar-refractivity contribution in [3.63, 3.8) is 0 Å². The second kappa shape index (κ2) is 4.00. The van der Waals surface area contributed by atoms with E-state index in [0.29, 0.717) is 9.26 Å². The van der Waals surface area contributed by atoms with Crippen molar-refractivity contribution < 1.29 is 13.2 Å². The SMILES string of the molecule is FC(F)(F)c1cc(CCl)cc(I)n1. The van der Waals surface area contributed by atoms with Crippen LogP contribution in [0.1, 0.15) is 11.3 Å². The van der Waals surface area contributed by atoms with Crippen LogP contribution in [0.2, 0.25) is 0 Å². The predicted octanol–water partition coefficient (Wildman–Crippen LogP) is 3.44. The van der Waals surface area contributed by atoms with Gasteiger partial charge >= 0.3 is 6.18 Å². The first-order valence-electron chi connectivity index (χ1n) is 3.23. The summed E-state index contributed by atoms with van der Waals surface area (Å²) in [7, 11) is 0. The molecular formula is C7H4ClF3IN. The Bertz CT molecular complexity index is 313. The first-order chi connectivity index (χ1) is 5.93. The quantitative estimate of drug-likeness (QED) is 0.439. The monoisotopic (exact) mass is 321 g/mol. The lowest BCUT2D eigenvalue weighted by atomic mass is 10.2. The molecule has 0 bridgehead atoms. The molecule has 0 aromatic carbocycles. The molecule has 1 nitrogen and oxygen atoms in total. The number of nitrogens with zero attached hydrogens (tertiary/aromatic N) is 1. The fourth-order valence-electron chi connectivity index (χ4n) is 0.772. The van der Waals surface area contributed by atoms with Crippen molar-refractivity contribution in [2.24, 2.45) is 0 Å². The van der Waals surface area contributed by atoms with Crippen molar-refractivity contribution in [1.82, 2.24) is 4.98 Å². The summed E-state index contributed by atoms with van der Waals surface area (Å²) < 4.78 is 36.8. The molecule has 0 atom stereocenters. The molecule has 1 heterocycles. The van der Waals surface area contributed by atoms with Gasteiger partial charge in [-0.05, 0) is 40.3 Å². The van der Waals surface area contributed by atoms with Crippen LogP contribution in [-0.4, -0.2) is 4.98 Å². The Labute approximate surface area is 91.4 Å². The molecule has 0 N–H and O–H groups in total. The maximum Gasteiger partial charge on any atom is 0.433 e. The van der Waals surface area contributed by atoms with Crippen molar-refractivity contribution in [1.29, 1.82) is 0 Å². The topological polar surface area (TPSA) is 12.9 Å². The molecule has 1 rings (SSSR count). The fraction of sp³-hybridized carbons (Fsp3) is 0.286. The summed E-state index contributed by atoms with van der Waals surface area (Å²) in [6.07, 6.45) is -4.40. The number of hydrogen-bond acceptors (Lipinski definition) is 1. The van der Waals surface area contributed by atoms with Crippen LogP contribution < -0.4 is 0 Å². The van der Waals surface area contributed by atoms with Gasteiger partial charge in [0.05, 0.1) is 0 Å². The van der Waals surface area contributed by atoms with E-state index in [-0.39, 0.29) is 5.88 Å². The van der Waals surface area contributed by atoms with E-state index in [4.69, 9.17) is 11.6 Å². The number of rotatable bonds is 1. The molecule has 0 amide bonds. The lowest BCUT2D eigenvalue weighted by molar-refractivity contribution is -0.141. The Morgan fingerprint density at radius 1 is 1.38 bits per heavy atom. The summed E-state index contributed by atoms with van der Waals surface area (Å²) in [4.78, 5) is 3.36. The summed E-state index contributed by atoms with van der Waals surface area (Å²) in [6.45, 7) is 0. The molecule has 0 saturated carbocycles. The van der Waals surface area contributed by atoms with Gasteiger partial charge in [0.15, 0.2) is 0 Å². The van der Waals surface area contributed by atoms with Gasteiger partial charge in [-0.15, -0.1) is 11.6 Å². The third-order valence-electron chi connectivity index (χ3n) is 1.30. The molecule has 0 unspecified atom stereocenters. The molecule has 0 aliphatic carbocycles. The van der Waals surface area contributed by atoms with E-state index in [9.17, 15) is 13.2 Å². The van der Waals surface area contributed by atoms with E-state index in [0.717, 1.165) is 6.07 Å². The van der Waals surface area contributed by atoms with Crippen molar-refractivity contribution in [3.8, 4) is 0 Å². The molecule has 0 radical (unpaired) electrons. The van der Waals surface area contributed by atoms with Gasteiger partial charge in [0.25, 0.3) is 0 Å². The van der Waals surface area contributed by atoms with Crippen LogP contribution >= 0.6 is 34.2 Å². The first-order valence-corrected chi connectivity index (χ1v) is 4.84. The van der Waals surface area contributed by atoms with E-state index >= 15 is 0 Å². The average molecular weight is 321 g/mol. The molecule has 72 valence electrons. The molecule has 0 saturated heterocycles. The Hall–Kier alpha value is -0.0400. The zero-order chi connectivity index (χ0) is 10.1. The summed E-state index contributed by atoms with van der Waals surface area (Å²) >= 11 is 7.15. The minimum absolute atomic E-state index is 0.0571. The molecule has 0 aliphatic rings. The highest BCUT2D eigenvalue weighted by atomic mass is 127. The van der Waals surface area contributed by atoms with Gasteiger partial charge < -0.3 is 0 Å². The third kappa shape index (κ3) is 2.98. The van der Waals surface area contributed by atoms with Gasteiger partial charge in [-0.1, -0.05) is 0 Å². The smallest absolute Gasteiger partial charge is 0.237 e. The number of alkyl halides is 4. The first kappa shape index (κ1) is 11.0. The molecule has 0 aliphatic heterocycles. The van der Waals surface area contributed by atoms with Crippen molar-refractivity contribution in [2.75, 3.05) is 0 Å². The summed E-state index contributed by atoms with van der Waals surface area (Å²) in [5.41, 5.74) is -0.469. The van der Waals surface area contributed by atoms with Crippen LogP contribution in [0, 0.1) is 3.70 Å². The highest BCUT2D eigenvalue weighted by Gasteiger charge is 2.32. The molecule has 0 spiro atoms. The Balaban J connectivity index is 3.16. The zero-order valence-corrected chi connectivity index (χ0v) is 9.11. The van der Waals surface area contributed by atoms with Gasteiger partial charge in [-0.25, -0.2) is 4.98 Å². The van der Waals surface area contributed by atoms with Crippen LogP contribution in [0.25, 0.3) is 0 Å². The predicted molar refractivity (Wildman–Crippen MR) is 51.5 cm³/mol. The van der Waals surface area contributed by atoms with Crippen molar-refractivity contribution in [2.45, 2.75) is 12.1 Å². The van der Waals surface area contributed by atoms with Crippen LogP contribution in [-0.2, 0) is 12.1 Å². The fourth-order valence-corrected chi connectivity index (χ4v) is 1.59. The number of aromatic nitrogens is 1. The largest absolute Gasteiger partial charge is 0.433 e. The van der Waals surface area contributed by atoms with Gasteiger partial charge in [0, 0.05) is 5.88 Å². The Kier molecular flexibility index (Phi) is 3.39. The number of pyridine rings is 1. The molecule has 6 heteroatoms. The van der Waals surface area contributed by atoms with Crippen LogP contribution in [0.15, 0.2) is 12.1 Å². The van der Waals surface area contributed by atoms with Gasteiger partial charge in [-0.2, -0.15) is 13.2 Å². The zero-order valence-electron chi connectivity index (χ0n) is 6.20. The molecule has 0 fully saturated rings. The highest BCUT2D eigenvalue weighted by molar-refractivity contribution is 14.1. The van der Waals surface area contributed by atoms with E-state index < -0.39 is 11.9 Å². The highest BCUT2D eigenvalue weighted by Crippen LogP contribution is 2.29. The maximum atomic E-state index is 12.2. The normalized spacial score (nSPS) is 11.8. The molecule has 13 heavy (non-hydrogen) atoms. The lowest BCUT2D eigenvalue weighted by Crippen LogP contribution is -2.09. The van der Waals surface area contributed by atoms with E-state index in [1.165, 1.54) is 6.07 Å². The standard InChI is InChI=1S/C7H4ClF3IN/c8-3-4-1-5(7(9,10)11)13-6(12)2-4/h1-2H,3H2. The number of hydrogen-bond donors (Lipinski definition) is 0. The van der Waals surface area contributed by atoms with Gasteiger partial charge in [-0.3, -0.25) is 0 Å². The summed E-state index contributed by atoms with van der Waals surface area (Å²) in [6, 6.07) is 2.47. The lowest BCUT2D eigenvalue weighted by Gasteiger charge is -2.07. The van der Waals surface area contributed by atoms with Crippen LogP contribution in [0.4, 0.5) is 13.2 Å². The maximum absolute atomic E-state index is 12.2. The van der Waals surface area contributed by atoms with Crippen molar-refractivity contribution in [3.05, 3.63) is 27.1 Å². The average Bonchev–Trinajstić information content (AvgIpc) is 2.01. The molecule has 1 aromatic heterocycles. The minimum atomic E-state index is -4.40. The Morgan fingerprint density at radius 2 is 2.00 bits per heavy atom. The third-order valence-corrected chi connectivity index (χ3v) is 2.16. The number of halogens is 5. The van der Waals surface area contributed by atoms with Gasteiger partial charge in [0.1, 0.15) is 9.39 Å². The molecule has 1 aromatic rings. The summed E-state index contributed by atoms with van der Waals surface area (Å²) in [5.74, 6) is 0.0571. The second-order valence-corrected chi connectivity index (χ2v) is 3.69. The van der Waals surface area contributed by atoms with Crippen molar-refractivity contribution >= 4 is 34.2 Å². The minimum Gasteiger partial charge on any atom is -0.237 e.